The van der Waals surface area contributed by atoms with Crippen LogP contribution < -0.4 is 5.32 Å². The van der Waals surface area contributed by atoms with E-state index in [1.165, 1.54) is 12.8 Å². The summed E-state index contributed by atoms with van der Waals surface area (Å²) in [6.07, 6.45) is 5.63. The Bertz CT molecular complexity index is 170. The zero-order valence-corrected chi connectivity index (χ0v) is 8.51. The van der Waals surface area contributed by atoms with Crippen LogP contribution in [0.2, 0.25) is 0 Å². The fraction of sp³-hybridized carbons (Fsp3) is 0.900. The third-order valence-electron chi connectivity index (χ3n) is 2.87. The van der Waals surface area contributed by atoms with Crippen LogP contribution in [0.1, 0.15) is 32.1 Å². The van der Waals surface area contributed by atoms with Gasteiger partial charge in [0.05, 0.1) is 6.10 Å². The molecular formula is C10H19NO2. The van der Waals surface area contributed by atoms with Gasteiger partial charge in [-0.25, -0.2) is 0 Å². The van der Waals surface area contributed by atoms with Gasteiger partial charge in [-0.15, -0.1) is 0 Å². The summed E-state index contributed by atoms with van der Waals surface area (Å²) in [6, 6.07) is 0. The Morgan fingerprint density at radius 1 is 1.46 bits per heavy atom. The standard InChI is InChI=1S/C10H19NO2/c1-11-10(12)7-8-5-3-4-6-9(8)13-2/h8-9H,3-7H2,1-2H3,(H,11,12). The van der Waals surface area contributed by atoms with Crippen molar-refractivity contribution in [3.63, 3.8) is 0 Å². The molecule has 2 atom stereocenters. The normalized spacial score (nSPS) is 28.5. The lowest BCUT2D eigenvalue weighted by Crippen LogP contribution is -2.31. The number of hydrogen-bond donors (Lipinski definition) is 1. The molecule has 2 unspecified atom stereocenters. The molecule has 0 bridgehead atoms. The van der Waals surface area contributed by atoms with Crippen LogP contribution >= 0.6 is 0 Å². The zero-order valence-electron chi connectivity index (χ0n) is 8.51. The molecule has 1 rings (SSSR count). The average molecular weight is 185 g/mol. The minimum absolute atomic E-state index is 0.133. The highest BCUT2D eigenvalue weighted by molar-refractivity contribution is 5.75. The first-order valence-corrected chi connectivity index (χ1v) is 5.01. The summed E-state index contributed by atoms with van der Waals surface area (Å²) in [5.74, 6) is 0.563. The molecule has 0 aromatic carbocycles. The van der Waals surface area contributed by atoms with Gasteiger partial charge in [0.15, 0.2) is 0 Å². The first-order chi connectivity index (χ1) is 6.27. The quantitative estimate of drug-likeness (QED) is 0.720. The molecule has 3 heteroatoms. The van der Waals surface area contributed by atoms with Crippen molar-refractivity contribution in [2.75, 3.05) is 14.2 Å². The van der Waals surface area contributed by atoms with E-state index in [-0.39, 0.29) is 5.91 Å². The number of hydrogen-bond acceptors (Lipinski definition) is 2. The van der Waals surface area contributed by atoms with Crippen molar-refractivity contribution in [2.45, 2.75) is 38.2 Å². The van der Waals surface area contributed by atoms with Crippen molar-refractivity contribution in [1.82, 2.24) is 5.32 Å². The second-order valence-electron chi connectivity index (χ2n) is 3.70. The van der Waals surface area contributed by atoms with Gasteiger partial charge in [-0.05, 0) is 18.8 Å². The predicted molar refractivity (Wildman–Crippen MR) is 51.4 cm³/mol. The Balaban J connectivity index is 2.40. The van der Waals surface area contributed by atoms with Crippen molar-refractivity contribution in [3.05, 3.63) is 0 Å². The maximum absolute atomic E-state index is 11.2. The van der Waals surface area contributed by atoms with Gasteiger partial charge >= 0.3 is 0 Å². The fourth-order valence-corrected chi connectivity index (χ4v) is 2.06. The molecule has 13 heavy (non-hydrogen) atoms. The maximum Gasteiger partial charge on any atom is 0.220 e. The molecule has 0 radical (unpaired) electrons. The smallest absolute Gasteiger partial charge is 0.220 e. The molecule has 1 fully saturated rings. The summed E-state index contributed by atoms with van der Waals surface area (Å²) < 4.78 is 5.37. The monoisotopic (exact) mass is 185 g/mol. The lowest BCUT2D eigenvalue weighted by Gasteiger charge is -2.29. The molecule has 0 saturated heterocycles. The Labute approximate surface area is 79.8 Å². The van der Waals surface area contributed by atoms with Gasteiger partial charge in [0.25, 0.3) is 0 Å². The third kappa shape index (κ3) is 2.99. The second kappa shape index (κ2) is 5.22. The molecule has 0 aliphatic heterocycles. The van der Waals surface area contributed by atoms with Crippen LogP contribution in [0.25, 0.3) is 0 Å². The second-order valence-corrected chi connectivity index (χ2v) is 3.70. The molecule has 76 valence electrons. The number of amides is 1. The molecule has 1 saturated carbocycles. The SMILES string of the molecule is CNC(=O)CC1CCCCC1OC. The Hall–Kier alpha value is -0.570. The molecule has 1 aliphatic rings. The van der Waals surface area contributed by atoms with Crippen molar-refractivity contribution in [1.29, 1.82) is 0 Å². The van der Waals surface area contributed by atoms with Crippen molar-refractivity contribution >= 4 is 5.91 Å². The first kappa shape index (κ1) is 10.5. The third-order valence-corrected chi connectivity index (χ3v) is 2.87. The number of nitrogens with one attached hydrogen (secondary N) is 1. The summed E-state index contributed by atoms with van der Waals surface area (Å²) in [5, 5.41) is 2.66. The molecular weight excluding hydrogens is 166 g/mol. The number of methoxy groups -OCH3 is 1. The molecule has 1 N–H and O–H groups in total. The number of ether oxygens (including phenoxy) is 1. The Morgan fingerprint density at radius 2 is 2.15 bits per heavy atom. The van der Waals surface area contributed by atoms with E-state index in [0.717, 1.165) is 12.8 Å². The number of carbonyl (C=O) groups excluding carboxylic acids is 1. The van der Waals surface area contributed by atoms with Gasteiger partial charge in [0.1, 0.15) is 0 Å². The van der Waals surface area contributed by atoms with Gasteiger partial charge in [-0.3, -0.25) is 4.79 Å². The zero-order chi connectivity index (χ0) is 9.68. The van der Waals surface area contributed by atoms with Crippen LogP contribution in [-0.4, -0.2) is 26.2 Å². The van der Waals surface area contributed by atoms with Crippen LogP contribution in [0.4, 0.5) is 0 Å². The van der Waals surface area contributed by atoms with E-state index in [0.29, 0.717) is 18.4 Å². The summed E-state index contributed by atoms with van der Waals surface area (Å²) in [5.41, 5.74) is 0. The van der Waals surface area contributed by atoms with E-state index in [9.17, 15) is 4.79 Å². The molecule has 3 nitrogen and oxygen atoms in total. The lowest BCUT2D eigenvalue weighted by atomic mass is 9.84. The van der Waals surface area contributed by atoms with Crippen LogP contribution in [-0.2, 0) is 9.53 Å². The lowest BCUT2D eigenvalue weighted by molar-refractivity contribution is -0.123. The van der Waals surface area contributed by atoms with Crippen molar-refractivity contribution in [2.24, 2.45) is 5.92 Å². The average Bonchev–Trinajstić information content (AvgIpc) is 2.18. The number of rotatable bonds is 3. The van der Waals surface area contributed by atoms with E-state index >= 15 is 0 Å². The summed E-state index contributed by atoms with van der Waals surface area (Å²) in [6.45, 7) is 0. The largest absolute Gasteiger partial charge is 0.381 e. The molecule has 0 aromatic rings. The van der Waals surface area contributed by atoms with E-state index in [4.69, 9.17) is 4.74 Å². The van der Waals surface area contributed by atoms with E-state index < -0.39 is 0 Å². The van der Waals surface area contributed by atoms with Gasteiger partial charge < -0.3 is 10.1 Å². The van der Waals surface area contributed by atoms with Gasteiger partial charge in [0, 0.05) is 20.6 Å². The maximum atomic E-state index is 11.2. The molecule has 1 amide bonds. The van der Waals surface area contributed by atoms with Crippen molar-refractivity contribution < 1.29 is 9.53 Å². The van der Waals surface area contributed by atoms with Crippen LogP contribution in [0.5, 0.6) is 0 Å². The Morgan fingerprint density at radius 3 is 2.77 bits per heavy atom. The van der Waals surface area contributed by atoms with Crippen LogP contribution in [0.3, 0.4) is 0 Å². The van der Waals surface area contributed by atoms with E-state index in [2.05, 4.69) is 5.32 Å². The predicted octanol–water partition coefficient (Wildman–Crippen LogP) is 1.33. The molecule has 0 spiro atoms. The van der Waals surface area contributed by atoms with Crippen molar-refractivity contribution in [3.8, 4) is 0 Å². The van der Waals surface area contributed by atoms with Crippen LogP contribution in [0.15, 0.2) is 0 Å². The minimum Gasteiger partial charge on any atom is -0.381 e. The number of carbonyl (C=O) groups is 1. The minimum atomic E-state index is 0.133. The summed E-state index contributed by atoms with van der Waals surface area (Å²) in [7, 11) is 3.43. The van der Waals surface area contributed by atoms with Gasteiger partial charge in [0.2, 0.25) is 5.91 Å². The van der Waals surface area contributed by atoms with Crippen LogP contribution in [0, 0.1) is 5.92 Å². The van der Waals surface area contributed by atoms with E-state index in [1.807, 2.05) is 0 Å². The summed E-state index contributed by atoms with van der Waals surface area (Å²) >= 11 is 0. The Kier molecular flexibility index (Phi) is 4.22. The van der Waals surface area contributed by atoms with Gasteiger partial charge in [-0.2, -0.15) is 0 Å². The first-order valence-electron chi connectivity index (χ1n) is 5.01. The topological polar surface area (TPSA) is 38.3 Å². The molecule has 0 heterocycles. The highest BCUT2D eigenvalue weighted by Crippen LogP contribution is 2.28. The highest BCUT2D eigenvalue weighted by atomic mass is 16.5. The highest BCUT2D eigenvalue weighted by Gasteiger charge is 2.26. The fourth-order valence-electron chi connectivity index (χ4n) is 2.06. The molecule has 1 aliphatic carbocycles. The summed E-state index contributed by atoms with van der Waals surface area (Å²) in [4.78, 5) is 11.2. The van der Waals surface area contributed by atoms with E-state index in [1.54, 1.807) is 14.2 Å². The molecule has 0 aromatic heterocycles. The van der Waals surface area contributed by atoms with Gasteiger partial charge in [-0.1, -0.05) is 12.8 Å².